The minimum Gasteiger partial charge on any atom is -0.320 e. The highest BCUT2D eigenvalue weighted by molar-refractivity contribution is 6.31. The summed E-state index contributed by atoms with van der Waals surface area (Å²) >= 11 is 6.12. The SMILES string of the molecule is CNCCCc1c(Cl)cnn1CCN(C)C. The van der Waals surface area contributed by atoms with Crippen molar-refractivity contribution in [2.75, 3.05) is 34.2 Å². The van der Waals surface area contributed by atoms with Gasteiger partial charge in [-0.1, -0.05) is 11.6 Å². The van der Waals surface area contributed by atoms with Gasteiger partial charge in [0.05, 0.1) is 23.5 Å². The summed E-state index contributed by atoms with van der Waals surface area (Å²) in [5.74, 6) is 0. The summed E-state index contributed by atoms with van der Waals surface area (Å²) in [7, 11) is 6.09. The Kier molecular flexibility index (Phi) is 5.80. The van der Waals surface area contributed by atoms with Crippen LogP contribution in [0.4, 0.5) is 0 Å². The van der Waals surface area contributed by atoms with E-state index >= 15 is 0 Å². The molecular formula is C11H21ClN4. The maximum absolute atomic E-state index is 6.12. The van der Waals surface area contributed by atoms with E-state index in [0.29, 0.717) is 0 Å². The van der Waals surface area contributed by atoms with Crippen molar-refractivity contribution in [2.45, 2.75) is 19.4 Å². The summed E-state index contributed by atoms with van der Waals surface area (Å²) in [6.07, 6.45) is 3.81. The van der Waals surface area contributed by atoms with Gasteiger partial charge in [-0.3, -0.25) is 4.68 Å². The average molecular weight is 245 g/mol. The highest BCUT2D eigenvalue weighted by Gasteiger charge is 2.08. The van der Waals surface area contributed by atoms with E-state index in [1.165, 1.54) is 0 Å². The summed E-state index contributed by atoms with van der Waals surface area (Å²) < 4.78 is 2.01. The first-order valence-corrected chi connectivity index (χ1v) is 6.02. The largest absolute Gasteiger partial charge is 0.320 e. The van der Waals surface area contributed by atoms with Gasteiger partial charge < -0.3 is 10.2 Å². The number of nitrogens with zero attached hydrogens (tertiary/aromatic N) is 3. The van der Waals surface area contributed by atoms with Crippen LogP contribution in [0.15, 0.2) is 6.20 Å². The zero-order valence-corrected chi connectivity index (χ0v) is 11.1. The van der Waals surface area contributed by atoms with E-state index in [0.717, 1.165) is 43.2 Å². The monoisotopic (exact) mass is 244 g/mol. The van der Waals surface area contributed by atoms with E-state index in [2.05, 4.69) is 29.4 Å². The first-order chi connectivity index (χ1) is 7.65. The standard InChI is InChI=1S/C11H21ClN4/c1-13-6-4-5-11-10(12)9-14-16(11)8-7-15(2)3/h9,13H,4-8H2,1-3H3. The third-order valence-electron chi connectivity index (χ3n) is 2.50. The van der Waals surface area contributed by atoms with Gasteiger partial charge in [-0.25, -0.2) is 0 Å². The van der Waals surface area contributed by atoms with Crippen molar-refractivity contribution in [3.05, 3.63) is 16.9 Å². The molecule has 0 aliphatic carbocycles. The zero-order valence-electron chi connectivity index (χ0n) is 10.3. The molecule has 0 fully saturated rings. The van der Waals surface area contributed by atoms with Crippen molar-refractivity contribution in [1.82, 2.24) is 20.0 Å². The van der Waals surface area contributed by atoms with Crippen LogP contribution in [0.3, 0.4) is 0 Å². The molecule has 0 saturated carbocycles. The van der Waals surface area contributed by atoms with Crippen LogP contribution in [0.2, 0.25) is 5.02 Å². The summed E-state index contributed by atoms with van der Waals surface area (Å²) in [6, 6.07) is 0. The van der Waals surface area contributed by atoms with Crippen molar-refractivity contribution in [3.63, 3.8) is 0 Å². The van der Waals surface area contributed by atoms with E-state index in [4.69, 9.17) is 11.6 Å². The van der Waals surface area contributed by atoms with Gasteiger partial charge in [-0.2, -0.15) is 5.10 Å². The molecule has 0 aromatic carbocycles. The van der Waals surface area contributed by atoms with Crippen molar-refractivity contribution >= 4 is 11.6 Å². The quantitative estimate of drug-likeness (QED) is 0.733. The molecule has 5 heteroatoms. The molecule has 0 radical (unpaired) electrons. The number of rotatable bonds is 7. The zero-order chi connectivity index (χ0) is 12.0. The second-order valence-electron chi connectivity index (χ2n) is 4.17. The predicted molar refractivity (Wildman–Crippen MR) is 68.0 cm³/mol. The van der Waals surface area contributed by atoms with Crippen molar-refractivity contribution in [1.29, 1.82) is 0 Å². The van der Waals surface area contributed by atoms with Crippen LogP contribution in [-0.4, -0.2) is 48.9 Å². The van der Waals surface area contributed by atoms with Gasteiger partial charge in [-0.15, -0.1) is 0 Å². The van der Waals surface area contributed by atoms with E-state index in [9.17, 15) is 0 Å². The average Bonchev–Trinajstić information content (AvgIpc) is 2.58. The lowest BCUT2D eigenvalue weighted by Crippen LogP contribution is -2.20. The number of aromatic nitrogens is 2. The Labute approximate surface area is 103 Å². The Morgan fingerprint density at radius 2 is 2.25 bits per heavy atom. The molecule has 0 aliphatic heterocycles. The van der Waals surface area contributed by atoms with Gasteiger partial charge in [0.1, 0.15) is 0 Å². The predicted octanol–water partition coefficient (Wildman–Crippen LogP) is 1.25. The second-order valence-corrected chi connectivity index (χ2v) is 4.58. The lowest BCUT2D eigenvalue weighted by atomic mass is 10.2. The lowest BCUT2D eigenvalue weighted by molar-refractivity contribution is 0.369. The smallest absolute Gasteiger partial charge is 0.0817 e. The van der Waals surface area contributed by atoms with Crippen molar-refractivity contribution < 1.29 is 0 Å². The summed E-state index contributed by atoms with van der Waals surface area (Å²) in [4.78, 5) is 2.15. The molecule has 0 spiro atoms. The van der Waals surface area contributed by atoms with Crippen LogP contribution in [0, 0.1) is 0 Å². The molecule has 1 aromatic rings. The van der Waals surface area contributed by atoms with Gasteiger partial charge in [-0.05, 0) is 40.5 Å². The van der Waals surface area contributed by atoms with Crippen LogP contribution in [0.25, 0.3) is 0 Å². The van der Waals surface area contributed by atoms with Crippen LogP contribution in [0.5, 0.6) is 0 Å². The molecule has 92 valence electrons. The summed E-state index contributed by atoms with van der Waals surface area (Å²) in [6.45, 7) is 2.89. The van der Waals surface area contributed by atoms with Crippen LogP contribution >= 0.6 is 11.6 Å². The second kappa shape index (κ2) is 6.89. The molecule has 1 heterocycles. The normalized spacial score (nSPS) is 11.3. The first kappa shape index (κ1) is 13.5. The first-order valence-electron chi connectivity index (χ1n) is 5.64. The minimum absolute atomic E-state index is 0.787. The molecule has 0 amide bonds. The number of hydrogen-bond donors (Lipinski definition) is 1. The maximum atomic E-state index is 6.12. The van der Waals surface area contributed by atoms with Gasteiger partial charge in [0, 0.05) is 6.54 Å². The van der Waals surface area contributed by atoms with Gasteiger partial charge >= 0.3 is 0 Å². The Morgan fingerprint density at radius 1 is 1.50 bits per heavy atom. The van der Waals surface area contributed by atoms with Crippen LogP contribution < -0.4 is 5.32 Å². The van der Waals surface area contributed by atoms with Gasteiger partial charge in [0.2, 0.25) is 0 Å². The number of nitrogens with one attached hydrogen (secondary N) is 1. The fourth-order valence-electron chi connectivity index (χ4n) is 1.56. The van der Waals surface area contributed by atoms with Crippen LogP contribution in [-0.2, 0) is 13.0 Å². The third kappa shape index (κ3) is 4.12. The van der Waals surface area contributed by atoms with Gasteiger partial charge in [0.25, 0.3) is 0 Å². The Hall–Kier alpha value is -0.580. The molecule has 4 nitrogen and oxygen atoms in total. The molecule has 16 heavy (non-hydrogen) atoms. The lowest BCUT2D eigenvalue weighted by Gasteiger charge is -2.12. The van der Waals surface area contributed by atoms with Gasteiger partial charge in [0.15, 0.2) is 0 Å². The molecule has 0 aliphatic rings. The Bertz CT molecular complexity index is 309. The molecule has 0 bridgehead atoms. The van der Waals surface area contributed by atoms with E-state index in [-0.39, 0.29) is 0 Å². The minimum atomic E-state index is 0.787. The Morgan fingerprint density at radius 3 is 2.88 bits per heavy atom. The summed E-state index contributed by atoms with van der Waals surface area (Å²) in [5, 5.41) is 8.23. The fraction of sp³-hybridized carbons (Fsp3) is 0.727. The third-order valence-corrected chi connectivity index (χ3v) is 2.81. The molecule has 1 N–H and O–H groups in total. The van der Waals surface area contributed by atoms with E-state index < -0.39 is 0 Å². The van der Waals surface area contributed by atoms with Crippen molar-refractivity contribution in [3.8, 4) is 0 Å². The fourth-order valence-corrected chi connectivity index (χ4v) is 1.79. The van der Waals surface area contributed by atoms with Crippen LogP contribution in [0.1, 0.15) is 12.1 Å². The molecule has 1 aromatic heterocycles. The van der Waals surface area contributed by atoms with Crippen molar-refractivity contribution in [2.24, 2.45) is 0 Å². The molecule has 0 unspecified atom stereocenters. The highest BCUT2D eigenvalue weighted by Crippen LogP contribution is 2.16. The number of halogens is 1. The highest BCUT2D eigenvalue weighted by atomic mass is 35.5. The summed E-state index contributed by atoms with van der Waals surface area (Å²) in [5.41, 5.74) is 1.15. The number of hydrogen-bond acceptors (Lipinski definition) is 3. The Balaban J connectivity index is 2.55. The molecular weight excluding hydrogens is 224 g/mol. The number of likely N-dealkylation sites (N-methyl/N-ethyl adjacent to an activating group) is 1. The molecule has 0 atom stereocenters. The maximum Gasteiger partial charge on any atom is 0.0817 e. The van der Waals surface area contributed by atoms with E-state index in [1.54, 1.807) is 6.20 Å². The molecule has 1 rings (SSSR count). The van der Waals surface area contributed by atoms with E-state index in [1.807, 2.05) is 11.7 Å². The molecule has 0 saturated heterocycles. The topological polar surface area (TPSA) is 33.1 Å².